The molecule has 1 saturated heterocycles. The molecule has 1 aliphatic heterocycles. The summed E-state index contributed by atoms with van der Waals surface area (Å²) in [5.41, 5.74) is -0.208. The van der Waals surface area contributed by atoms with E-state index in [9.17, 15) is 0 Å². The summed E-state index contributed by atoms with van der Waals surface area (Å²) in [6, 6.07) is 1.80. The number of hydrogen-bond donors (Lipinski definition) is 0. The van der Waals surface area contributed by atoms with Gasteiger partial charge in [0.2, 0.25) is 11.8 Å². The van der Waals surface area contributed by atoms with E-state index in [1.807, 2.05) is 0 Å². The number of ether oxygens (including phenoxy) is 2. The van der Waals surface area contributed by atoms with Crippen molar-refractivity contribution in [2.75, 3.05) is 29.9 Å². The summed E-state index contributed by atoms with van der Waals surface area (Å²) < 4.78 is 11.6. The first-order chi connectivity index (χ1) is 9.54. The number of anilines is 1. The third-order valence-corrected chi connectivity index (χ3v) is 3.73. The maximum Gasteiger partial charge on any atom is 0.228 e. The molecule has 1 atom stereocenters. The molecule has 1 aromatic heterocycles. The van der Waals surface area contributed by atoms with Crippen molar-refractivity contribution >= 4 is 21.9 Å². The van der Waals surface area contributed by atoms with Crippen molar-refractivity contribution < 1.29 is 9.47 Å². The van der Waals surface area contributed by atoms with Gasteiger partial charge in [-0.3, -0.25) is 0 Å². The molecule has 112 valence electrons. The Kier molecular flexibility index (Phi) is 5.21. The van der Waals surface area contributed by atoms with E-state index in [4.69, 9.17) is 9.47 Å². The van der Waals surface area contributed by atoms with Crippen LogP contribution in [0.5, 0.6) is 5.88 Å². The maximum absolute atomic E-state index is 5.99. The Labute approximate surface area is 128 Å². The van der Waals surface area contributed by atoms with Gasteiger partial charge in [-0.05, 0) is 20.3 Å². The summed E-state index contributed by atoms with van der Waals surface area (Å²) in [4.78, 5) is 11.0. The maximum atomic E-state index is 5.99. The average Bonchev–Trinajstić information content (AvgIpc) is 2.43. The second-order valence-corrected chi connectivity index (χ2v) is 6.23. The Hall–Kier alpha value is -0.880. The summed E-state index contributed by atoms with van der Waals surface area (Å²) in [5, 5.41) is 0.805. The van der Waals surface area contributed by atoms with Crippen molar-refractivity contribution in [1.29, 1.82) is 0 Å². The molecular formula is C14H22BrN3O2. The molecule has 2 heterocycles. The van der Waals surface area contributed by atoms with Gasteiger partial charge < -0.3 is 14.4 Å². The molecule has 0 amide bonds. The monoisotopic (exact) mass is 343 g/mol. The van der Waals surface area contributed by atoms with E-state index in [1.54, 1.807) is 12.3 Å². The van der Waals surface area contributed by atoms with E-state index < -0.39 is 0 Å². The van der Waals surface area contributed by atoms with Crippen molar-refractivity contribution in [2.45, 2.75) is 38.9 Å². The van der Waals surface area contributed by atoms with Crippen molar-refractivity contribution in [3.8, 4) is 5.88 Å². The van der Waals surface area contributed by atoms with Crippen LogP contribution in [0, 0.1) is 0 Å². The summed E-state index contributed by atoms with van der Waals surface area (Å²) in [6.45, 7) is 8.49. The van der Waals surface area contributed by atoms with Gasteiger partial charge >= 0.3 is 0 Å². The molecule has 2 rings (SSSR count). The van der Waals surface area contributed by atoms with Crippen LogP contribution in [0.25, 0.3) is 0 Å². The van der Waals surface area contributed by atoms with Crippen LogP contribution in [0.4, 0.5) is 5.95 Å². The highest BCUT2D eigenvalue weighted by molar-refractivity contribution is 9.09. The smallest absolute Gasteiger partial charge is 0.228 e. The van der Waals surface area contributed by atoms with Crippen molar-refractivity contribution in [3.05, 3.63) is 12.3 Å². The average molecular weight is 344 g/mol. The summed E-state index contributed by atoms with van der Waals surface area (Å²) in [5.74, 6) is 1.34. The minimum absolute atomic E-state index is 0.141. The van der Waals surface area contributed by atoms with Gasteiger partial charge in [-0.25, -0.2) is 4.98 Å². The SMILES string of the molecule is CCCOc1ccnc(N2CC(CBr)OC(C)(C)C2)n1. The first-order valence-corrected chi connectivity index (χ1v) is 8.11. The van der Waals surface area contributed by atoms with Crippen LogP contribution in [0.15, 0.2) is 12.3 Å². The first kappa shape index (κ1) is 15.5. The molecule has 20 heavy (non-hydrogen) atoms. The fourth-order valence-electron chi connectivity index (χ4n) is 2.30. The number of halogens is 1. The highest BCUT2D eigenvalue weighted by atomic mass is 79.9. The van der Waals surface area contributed by atoms with Gasteiger partial charge in [0.15, 0.2) is 0 Å². The second-order valence-electron chi connectivity index (χ2n) is 5.58. The predicted molar refractivity (Wildman–Crippen MR) is 82.8 cm³/mol. The Morgan fingerprint density at radius 3 is 3.05 bits per heavy atom. The zero-order valence-electron chi connectivity index (χ0n) is 12.3. The van der Waals surface area contributed by atoms with Crippen LogP contribution < -0.4 is 9.64 Å². The van der Waals surface area contributed by atoms with E-state index >= 15 is 0 Å². The summed E-state index contributed by atoms with van der Waals surface area (Å²) in [6.07, 6.45) is 2.86. The second kappa shape index (κ2) is 6.72. The zero-order chi connectivity index (χ0) is 14.6. The molecule has 0 bridgehead atoms. The van der Waals surface area contributed by atoms with E-state index in [0.717, 1.165) is 24.8 Å². The summed E-state index contributed by atoms with van der Waals surface area (Å²) in [7, 11) is 0. The minimum Gasteiger partial charge on any atom is -0.478 e. The molecule has 1 aliphatic rings. The molecule has 1 aromatic rings. The predicted octanol–water partition coefficient (Wildman–Crippen LogP) is 2.64. The fourth-order valence-corrected chi connectivity index (χ4v) is 2.64. The quantitative estimate of drug-likeness (QED) is 0.769. The summed E-state index contributed by atoms with van der Waals surface area (Å²) >= 11 is 3.49. The molecule has 1 fully saturated rings. The first-order valence-electron chi connectivity index (χ1n) is 6.98. The molecule has 0 N–H and O–H groups in total. The van der Waals surface area contributed by atoms with Gasteiger partial charge in [-0.2, -0.15) is 4.98 Å². The van der Waals surface area contributed by atoms with E-state index in [2.05, 4.69) is 51.6 Å². The van der Waals surface area contributed by atoms with Gasteiger partial charge in [0.05, 0.1) is 18.3 Å². The van der Waals surface area contributed by atoms with Gasteiger partial charge in [-0.15, -0.1) is 0 Å². The Morgan fingerprint density at radius 1 is 1.55 bits per heavy atom. The van der Waals surface area contributed by atoms with Gasteiger partial charge in [0.25, 0.3) is 0 Å². The van der Waals surface area contributed by atoms with Crippen molar-refractivity contribution in [3.63, 3.8) is 0 Å². The lowest BCUT2D eigenvalue weighted by Gasteiger charge is -2.42. The molecule has 0 saturated carbocycles. The standard InChI is InChI=1S/C14H22BrN3O2/c1-4-7-19-12-5-6-16-13(17-12)18-9-11(8-15)20-14(2,3)10-18/h5-6,11H,4,7-10H2,1-3H3. The Balaban J connectivity index is 2.13. The lowest BCUT2D eigenvalue weighted by Crippen LogP contribution is -2.53. The third kappa shape index (κ3) is 4.06. The van der Waals surface area contributed by atoms with Gasteiger partial charge in [0.1, 0.15) is 0 Å². The Morgan fingerprint density at radius 2 is 2.35 bits per heavy atom. The molecule has 5 nitrogen and oxygen atoms in total. The fraction of sp³-hybridized carbons (Fsp3) is 0.714. The van der Waals surface area contributed by atoms with Gasteiger partial charge in [-0.1, -0.05) is 22.9 Å². The lowest BCUT2D eigenvalue weighted by molar-refractivity contribution is -0.0728. The number of nitrogens with zero attached hydrogens (tertiary/aromatic N) is 3. The van der Waals surface area contributed by atoms with Crippen LogP contribution in [0.1, 0.15) is 27.2 Å². The van der Waals surface area contributed by atoms with Crippen LogP contribution >= 0.6 is 15.9 Å². The highest BCUT2D eigenvalue weighted by Crippen LogP contribution is 2.25. The van der Waals surface area contributed by atoms with E-state index in [1.165, 1.54) is 0 Å². The van der Waals surface area contributed by atoms with E-state index in [-0.39, 0.29) is 11.7 Å². The molecule has 1 unspecified atom stereocenters. The van der Waals surface area contributed by atoms with Crippen LogP contribution in [0.3, 0.4) is 0 Å². The molecular weight excluding hydrogens is 322 g/mol. The third-order valence-electron chi connectivity index (χ3n) is 3.01. The number of rotatable bonds is 5. The molecule has 0 aromatic carbocycles. The van der Waals surface area contributed by atoms with Gasteiger partial charge in [0, 0.05) is 30.7 Å². The highest BCUT2D eigenvalue weighted by Gasteiger charge is 2.34. The molecule has 0 spiro atoms. The van der Waals surface area contributed by atoms with E-state index in [0.29, 0.717) is 18.4 Å². The number of aromatic nitrogens is 2. The molecule has 0 aliphatic carbocycles. The van der Waals surface area contributed by atoms with Crippen LogP contribution in [0.2, 0.25) is 0 Å². The molecule has 0 radical (unpaired) electrons. The number of alkyl halides is 1. The minimum atomic E-state index is -0.208. The lowest BCUT2D eigenvalue weighted by atomic mass is 10.1. The van der Waals surface area contributed by atoms with Crippen molar-refractivity contribution in [1.82, 2.24) is 9.97 Å². The zero-order valence-corrected chi connectivity index (χ0v) is 13.9. The van der Waals surface area contributed by atoms with Crippen molar-refractivity contribution in [2.24, 2.45) is 0 Å². The van der Waals surface area contributed by atoms with Crippen LogP contribution in [-0.2, 0) is 4.74 Å². The normalized spacial score (nSPS) is 21.8. The topological polar surface area (TPSA) is 47.5 Å². The Bertz CT molecular complexity index is 442. The largest absolute Gasteiger partial charge is 0.478 e. The van der Waals surface area contributed by atoms with Crippen LogP contribution in [-0.4, -0.2) is 46.7 Å². The molecule has 6 heteroatoms. The number of morpholine rings is 1. The number of hydrogen-bond acceptors (Lipinski definition) is 5.